The molecule has 0 aliphatic heterocycles. The molecular weight excluding hydrogens is 286 g/mol. The molecule has 3 heteroatoms. The van der Waals surface area contributed by atoms with Gasteiger partial charge in [-0.1, -0.05) is 44.2 Å². The summed E-state index contributed by atoms with van der Waals surface area (Å²) in [5, 5.41) is 9.10. The number of hydrogen-bond acceptors (Lipinski definition) is 1. The average molecular weight is 305 g/mol. The molecule has 0 fully saturated rings. The van der Waals surface area contributed by atoms with Crippen LogP contribution in [0.5, 0.6) is 0 Å². The molecule has 0 amide bonds. The molecule has 0 saturated heterocycles. The summed E-state index contributed by atoms with van der Waals surface area (Å²) in [4.78, 5) is 11.1. The molecule has 1 heterocycles. The molecule has 0 aliphatic rings. The molecule has 23 heavy (non-hydrogen) atoms. The molecule has 3 rings (SSSR count). The zero-order valence-electron chi connectivity index (χ0n) is 13.2. The number of hydrogen-bond donors (Lipinski definition) is 1. The molecule has 0 radical (unpaired) electrons. The van der Waals surface area contributed by atoms with Crippen LogP contribution in [-0.4, -0.2) is 15.6 Å². The lowest BCUT2D eigenvalue weighted by molar-refractivity contribution is 0.0697. The highest BCUT2D eigenvalue weighted by atomic mass is 16.4. The van der Waals surface area contributed by atoms with Gasteiger partial charge in [-0.05, 0) is 46.9 Å². The molecule has 0 unspecified atom stereocenters. The summed E-state index contributed by atoms with van der Waals surface area (Å²) in [6, 6.07) is 17.5. The maximum absolute atomic E-state index is 11.1. The van der Waals surface area contributed by atoms with E-state index in [2.05, 4.69) is 38.1 Å². The van der Waals surface area contributed by atoms with E-state index >= 15 is 0 Å². The van der Waals surface area contributed by atoms with E-state index in [1.165, 1.54) is 5.56 Å². The fourth-order valence-corrected chi connectivity index (χ4v) is 2.59. The largest absolute Gasteiger partial charge is 0.478 e. The monoisotopic (exact) mass is 305 g/mol. The van der Waals surface area contributed by atoms with E-state index in [9.17, 15) is 4.79 Å². The SMILES string of the molecule is CC(C)c1ccc(-c2ccn(-c3cccc(C(=O)O)c3)c2)cc1. The van der Waals surface area contributed by atoms with E-state index < -0.39 is 5.97 Å². The lowest BCUT2D eigenvalue weighted by Gasteiger charge is -2.06. The van der Waals surface area contributed by atoms with Crippen molar-refractivity contribution in [2.24, 2.45) is 0 Å². The lowest BCUT2D eigenvalue weighted by Crippen LogP contribution is -1.98. The predicted octanol–water partition coefficient (Wildman–Crippen LogP) is 4.97. The van der Waals surface area contributed by atoms with Crippen molar-refractivity contribution in [3.05, 3.63) is 78.1 Å². The van der Waals surface area contributed by atoms with Gasteiger partial charge in [0, 0.05) is 18.1 Å². The first-order valence-electron chi connectivity index (χ1n) is 7.66. The van der Waals surface area contributed by atoms with Crippen LogP contribution in [0, 0.1) is 0 Å². The van der Waals surface area contributed by atoms with Crippen LogP contribution in [0.4, 0.5) is 0 Å². The molecule has 2 aromatic carbocycles. The van der Waals surface area contributed by atoms with Crippen molar-refractivity contribution in [1.29, 1.82) is 0 Å². The van der Waals surface area contributed by atoms with E-state index in [0.29, 0.717) is 11.5 Å². The number of benzene rings is 2. The molecule has 0 bridgehead atoms. The van der Waals surface area contributed by atoms with E-state index in [0.717, 1.165) is 16.8 Å². The summed E-state index contributed by atoms with van der Waals surface area (Å²) in [6.07, 6.45) is 3.97. The van der Waals surface area contributed by atoms with Gasteiger partial charge in [-0.15, -0.1) is 0 Å². The number of rotatable bonds is 4. The molecule has 3 nitrogen and oxygen atoms in total. The van der Waals surface area contributed by atoms with Crippen LogP contribution in [0.3, 0.4) is 0 Å². The summed E-state index contributed by atoms with van der Waals surface area (Å²) in [7, 11) is 0. The Balaban J connectivity index is 1.91. The standard InChI is InChI=1S/C20H19NO2/c1-14(2)15-6-8-16(9-7-15)18-10-11-21(13-18)19-5-3-4-17(12-19)20(22)23/h3-14H,1-2H3,(H,22,23). The van der Waals surface area contributed by atoms with Crippen LogP contribution in [0.25, 0.3) is 16.8 Å². The molecule has 0 spiro atoms. The Morgan fingerprint density at radius 1 is 1.00 bits per heavy atom. The maximum atomic E-state index is 11.1. The van der Waals surface area contributed by atoms with Gasteiger partial charge in [-0.3, -0.25) is 0 Å². The van der Waals surface area contributed by atoms with Crippen LogP contribution < -0.4 is 0 Å². The molecule has 1 aromatic heterocycles. The molecular formula is C20H19NO2. The van der Waals surface area contributed by atoms with Crippen LogP contribution in [0.15, 0.2) is 67.0 Å². The van der Waals surface area contributed by atoms with Gasteiger partial charge in [0.05, 0.1) is 5.56 Å². The van der Waals surface area contributed by atoms with Crippen molar-refractivity contribution < 1.29 is 9.90 Å². The first-order valence-corrected chi connectivity index (χ1v) is 7.66. The quantitative estimate of drug-likeness (QED) is 0.739. The molecule has 0 aliphatic carbocycles. The number of aromatic carboxylic acids is 1. The van der Waals surface area contributed by atoms with E-state index in [-0.39, 0.29) is 0 Å². The second kappa shape index (κ2) is 6.13. The smallest absolute Gasteiger partial charge is 0.335 e. The highest BCUT2D eigenvalue weighted by Gasteiger charge is 2.06. The van der Waals surface area contributed by atoms with Crippen molar-refractivity contribution in [3.8, 4) is 16.8 Å². The van der Waals surface area contributed by atoms with Gasteiger partial charge >= 0.3 is 5.97 Å². The van der Waals surface area contributed by atoms with Gasteiger partial charge in [-0.2, -0.15) is 0 Å². The zero-order valence-corrected chi connectivity index (χ0v) is 13.2. The Kier molecular flexibility index (Phi) is 4.02. The third-order valence-corrected chi connectivity index (χ3v) is 3.99. The highest BCUT2D eigenvalue weighted by Crippen LogP contribution is 2.24. The van der Waals surface area contributed by atoms with Crippen molar-refractivity contribution in [2.45, 2.75) is 19.8 Å². The van der Waals surface area contributed by atoms with E-state index in [4.69, 9.17) is 5.11 Å². The predicted molar refractivity (Wildman–Crippen MR) is 92.3 cm³/mol. The van der Waals surface area contributed by atoms with Gasteiger partial charge in [0.1, 0.15) is 0 Å². The third kappa shape index (κ3) is 3.19. The summed E-state index contributed by atoms with van der Waals surface area (Å²) in [5.41, 5.74) is 4.72. The van der Waals surface area contributed by atoms with E-state index in [1.807, 2.05) is 29.1 Å². The van der Waals surface area contributed by atoms with Gasteiger partial charge in [-0.25, -0.2) is 4.79 Å². The fraction of sp³-hybridized carbons (Fsp3) is 0.150. The summed E-state index contributed by atoms with van der Waals surface area (Å²) < 4.78 is 1.94. The normalized spacial score (nSPS) is 10.9. The van der Waals surface area contributed by atoms with Crippen molar-refractivity contribution in [1.82, 2.24) is 4.57 Å². The minimum Gasteiger partial charge on any atom is -0.478 e. The van der Waals surface area contributed by atoms with Crippen LogP contribution in [-0.2, 0) is 0 Å². The number of carboxylic acid groups (broad SMARTS) is 1. The number of nitrogens with zero attached hydrogens (tertiary/aromatic N) is 1. The fourth-order valence-electron chi connectivity index (χ4n) is 2.59. The summed E-state index contributed by atoms with van der Waals surface area (Å²) >= 11 is 0. The zero-order chi connectivity index (χ0) is 16.4. The Bertz CT molecular complexity index is 829. The summed E-state index contributed by atoms with van der Waals surface area (Å²) in [6.45, 7) is 4.36. The van der Waals surface area contributed by atoms with Crippen LogP contribution >= 0.6 is 0 Å². The second-order valence-electron chi connectivity index (χ2n) is 5.94. The molecule has 116 valence electrons. The van der Waals surface area contributed by atoms with Crippen molar-refractivity contribution in [3.63, 3.8) is 0 Å². The molecule has 1 N–H and O–H groups in total. The first kappa shape index (κ1) is 15.1. The number of carboxylic acids is 1. The Hall–Kier alpha value is -2.81. The molecule has 3 aromatic rings. The van der Waals surface area contributed by atoms with Gasteiger partial charge in [0.25, 0.3) is 0 Å². The minimum absolute atomic E-state index is 0.291. The number of aromatic nitrogens is 1. The van der Waals surface area contributed by atoms with Crippen molar-refractivity contribution in [2.75, 3.05) is 0 Å². The highest BCUT2D eigenvalue weighted by molar-refractivity contribution is 5.88. The third-order valence-electron chi connectivity index (χ3n) is 3.99. The molecule has 0 saturated carbocycles. The Labute approximate surface area is 135 Å². The lowest BCUT2D eigenvalue weighted by atomic mass is 10.00. The number of carbonyl (C=O) groups is 1. The Morgan fingerprint density at radius 2 is 1.74 bits per heavy atom. The minimum atomic E-state index is -0.913. The summed E-state index contributed by atoms with van der Waals surface area (Å²) in [5.74, 6) is -0.393. The van der Waals surface area contributed by atoms with Crippen LogP contribution in [0.1, 0.15) is 35.7 Å². The van der Waals surface area contributed by atoms with Gasteiger partial charge < -0.3 is 9.67 Å². The van der Waals surface area contributed by atoms with Crippen molar-refractivity contribution >= 4 is 5.97 Å². The second-order valence-corrected chi connectivity index (χ2v) is 5.94. The maximum Gasteiger partial charge on any atom is 0.335 e. The van der Waals surface area contributed by atoms with Gasteiger partial charge in [0.15, 0.2) is 0 Å². The first-order chi connectivity index (χ1) is 11.0. The van der Waals surface area contributed by atoms with Gasteiger partial charge in [0.2, 0.25) is 0 Å². The molecule has 0 atom stereocenters. The topological polar surface area (TPSA) is 42.2 Å². The Morgan fingerprint density at radius 3 is 2.39 bits per heavy atom. The van der Waals surface area contributed by atoms with E-state index in [1.54, 1.807) is 18.2 Å². The van der Waals surface area contributed by atoms with Crippen LogP contribution in [0.2, 0.25) is 0 Å². The average Bonchev–Trinajstić information content (AvgIpc) is 3.05.